The predicted molar refractivity (Wildman–Crippen MR) is 76.1 cm³/mol. The highest BCUT2D eigenvalue weighted by atomic mass is 35.5. The van der Waals surface area contributed by atoms with Crippen molar-refractivity contribution in [2.45, 2.75) is 30.3 Å². The number of halogens is 1. The zero-order chi connectivity index (χ0) is 14.9. The Bertz CT molecular complexity index is 713. The fraction of sp³-hybridized carbons (Fsp3) is 0.417. The molecule has 9 heteroatoms. The molecule has 0 atom stereocenters. The predicted octanol–water partition coefficient (Wildman–Crippen LogP) is 1.08. The number of nitrogens with one attached hydrogen (secondary N) is 1. The van der Waals surface area contributed by atoms with Crippen molar-refractivity contribution in [3.8, 4) is 0 Å². The average Bonchev–Trinajstić information content (AvgIpc) is 2.89. The van der Waals surface area contributed by atoms with Gasteiger partial charge in [-0.25, -0.2) is 23.1 Å². The van der Waals surface area contributed by atoms with Crippen molar-refractivity contribution in [2.75, 3.05) is 0 Å². The Hall–Kier alpha value is -1.51. The lowest BCUT2D eigenvalue weighted by Crippen LogP contribution is -2.45. The maximum Gasteiger partial charge on any atom is 0.243 e. The van der Waals surface area contributed by atoms with Crippen LogP contribution in [0, 0.1) is 5.92 Å². The molecular weight excluding hydrogens is 314 g/mol. The fourth-order valence-electron chi connectivity index (χ4n) is 2.43. The van der Waals surface area contributed by atoms with E-state index in [9.17, 15) is 8.42 Å². The van der Waals surface area contributed by atoms with Crippen molar-refractivity contribution in [3.63, 3.8) is 0 Å². The van der Waals surface area contributed by atoms with E-state index < -0.39 is 10.0 Å². The molecule has 2 aromatic heterocycles. The first-order valence-electron chi connectivity index (χ1n) is 6.50. The van der Waals surface area contributed by atoms with E-state index in [0.717, 1.165) is 19.4 Å². The highest BCUT2D eigenvalue weighted by molar-refractivity contribution is 7.89. The van der Waals surface area contributed by atoms with Crippen molar-refractivity contribution in [3.05, 3.63) is 36.1 Å². The molecule has 1 aliphatic carbocycles. The van der Waals surface area contributed by atoms with Gasteiger partial charge >= 0.3 is 0 Å². The van der Waals surface area contributed by atoms with E-state index in [0.29, 0.717) is 5.92 Å². The maximum atomic E-state index is 12.2. The van der Waals surface area contributed by atoms with Crippen molar-refractivity contribution in [1.82, 2.24) is 24.5 Å². The largest absolute Gasteiger partial charge is 0.253 e. The molecule has 0 unspecified atom stereocenters. The van der Waals surface area contributed by atoms with Crippen LogP contribution in [0.15, 0.2) is 35.9 Å². The van der Waals surface area contributed by atoms with Crippen LogP contribution in [0.25, 0.3) is 0 Å². The molecule has 1 saturated carbocycles. The minimum absolute atomic E-state index is 0.0107. The van der Waals surface area contributed by atoms with Crippen molar-refractivity contribution in [1.29, 1.82) is 0 Å². The van der Waals surface area contributed by atoms with Gasteiger partial charge in [0.1, 0.15) is 22.7 Å². The Morgan fingerprint density at radius 3 is 2.90 bits per heavy atom. The summed E-state index contributed by atoms with van der Waals surface area (Å²) in [5.74, 6) is 0.406. The third kappa shape index (κ3) is 3.22. The van der Waals surface area contributed by atoms with E-state index in [4.69, 9.17) is 11.6 Å². The Morgan fingerprint density at radius 1 is 1.43 bits per heavy atom. The van der Waals surface area contributed by atoms with E-state index in [1.54, 1.807) is 17.1 Å². The first-order chi connectivity index (χ1) is 10.0. The van der Waals surface area contributed by atoms with Crippen LogP contribution in [0.2, 0.25) is 5.15 Å². The lowest BCUT2D eigenvalue weighted by molar-refractivity contribution is 0.213. The number of hydrogen-bond acceptors (Lipinski definition) is 5. The van der Waals surface area contributed by atoms with E-state index >= 15 is 0 Å². The monoisotopic (exact) mass is 327 g/mol. The van der Waals surface area contributed by atoms with E-state index in [1.807, 2.05) is 0 Å². The number of aromatic nitrogens is 4. The molecule has 21 heavy (non-hydrogen) atoms. The quantitative estimate of drug-likeness (QED) is 0.830. The molecule has 0 bridgehead atoms. The molecule has 0 spiro atoms. The van der Waals surface area contributed by atoms with Crippen molar-refractivity contribution < 1.29 is 8.42 Å². The van der Waals surface area contributed by atoms with E-state index in [2.05, 4.69) is 19.8 Å². The summed E-state index contributed by atoms with van der Waals surface area (Å²) in [5.41, 5.74) is 0. The molecule has 3 rings (SSSR count). The average molecular weight is 328 g/mol. The van der Waals surface area contributed by atoms with Gasteiger partial charge in [-0.2, -0.15) is 5.10 Å². The zero-order valence-corrected chi connectivity index (χ0v) is 12.6. The van der Waals surface area contributed by atoms with Crippen molar-refractivity contribution >= 4 is 21.6 Å². The van der Waals surface area contributed by atoms with Crippen LogP contribution in [0.4, 0.5) is 0 Å². The van der Waals surface area contributed by atoms with Crippen LogP contribution in [0.3, 0.4) is 0 Å². The summed E-state index contributed by atoms with van der Waals surface area (Å²) < 4.78 is 28.9. The van der Waals surface area contributed by atoms with Gasteiger partial charge in [-0.05, 0) is 30.9 Å². The number of sulfonamides is 1. The minimum atomic E-state index is -3.62. The van der Waals surface area contributed by atoms with Crippen LogP contribution < -0.4 is 4.72 Å². The van der Waals surface area contributed by atoms with E-state index in [1.165, 1.54) is 18.6 Å². The van der Waals surface area contributed by atoms with Gasteiger partial charge in [-0.3, -0.25) is 4.68 Å². The molecule has 1 N–H and O–H groups in total. The molecule has 2 aromatic rings. The summed E-state index contributed by atoms with van der Waals surface area (Å²) >= 11 is 5.83. The first kappa shape index (κ1) is 14.4. The van der Waals surface area contributed by atoms with Crippen molar-refractivity contribution in [2.24, 2.45) is 5.92 Å². The fourth-order valence-corrected chi connectivity index (χ4v) is 4.14. The molecule has 0 saturated heterocycles. The Balaban J connectivity index is 1.58. The van der Waals surface area contributed by atoms with Gasteiger partial charge in [0.2, 0.25) is 10.0 Å². The third-order valence-electron chi connectivity index (χ3n) is 3.48. The van der Waals surface area contributed by atoms with Gasteiger partial charge in [0.25, 0.3) is 0 Å². The molecular formula is C12H14ClN5O2S. The van der Waals surface area contributed by atoms with Crippen LogP contribution in [0.5, 0.6) is 0 Å². The molecule has 1 aliphatic rings. The molecule has 0 radical (unpaired) electrons. The lowest BCUT2D eigenvalue weighted by Gasteiger charge is -2.35. The number of pyridine rings is 1. The summed E-state index contributed by atoms with van der Waals surface area (Å²) in [4.78, 5) is 7.69. The Kier molecular flexibility index (Phi) is 3.92. The zero-order valence-electron chi connectivity index (χ0n) is 11.1. The number of nitrogens with zero attached hydrogens (tertiary/aromatic N) is 4. The summed E-state index contributed by atoms with van der Waals surface area (Å²) in [6, 6.07) is 2.93. The maximum absolute atomic E-state index is 12.2. The normalized spacial score (nSPS) is 22.0. The lowest BCUT2D eigenvalue weighted by atomic mass is 9.81. The minimum Gasteiger partial charge on any atom is -0.253 e. The highest BCUT2D eigenvalue weighted by Crippen LogP contribution is 2.30. The summed E-state index contributed by atoms with van der Waals surface area (Å²) in [5, 5.41) is 4.03. The summed E-state index contributed by atoms with van der Waals surface area (Å²) in [7, 11) is -3.62. The second-order valence-corrected chi connectivity index (χ2v) is 7.11. The molecule has 1 fully saturated rings. The molecule has 0 aromatic carbocycles. The molecule has 7 nitrogen and oxygen atoms in total. The van der Waals surface area contributed by atoms with Gasteiger partial charge < -0.3 is 0 Å². The third-order valence-corrected chi connectivity index (χ3v) is 5.45. The SMILES string of the molecule is O=S(=O)(NC1CC(Cn2cncn2)C1)c1cccnc1Cl. The first-order valence-corrected chi connectivity index (χ1v) is 8.36. The van der Waals surface area contributed by atoms with Gasteiger partial charge in [-0.1, -0.05) is 11.6 Å². The number of hydrogen-bond donors (Lipinski definition) is 1. The van der Waals surface area contributed by atoms with Gasteiger partial charge in [-0.15, -0.1) is 0 Å². The van der Waals surface area contributed by atoms with Crippen LogP contribution in [-0.2, 0) is 16.6 Å². The Labute approximate surface area is 127 Å². The standard InChI is InChI=1S/C12H14ClN5O2S/c13-12-11(2-1-3-15-12)21(19,20)17-10-4-9(5-10)6-18-8-14-7-16-18/h1-3,7-10,17H,4-6H2. The van der Waals surface area contributed by atoms with Gasteiger partial charge in [0.15, 0.2) is 0 Å². The summed E-state index contributed by atoms with van der Waals surface area (Å²) in [6.45, 7) is 0.756. The van der Waals surface area contributed by atoms with Crippen LogP contribution in [-0.4, -0.2) is 34.2 Å². The highest BCUT2D eigenvalue weighted by Gasteiger charge is 2.33. The molecule has 2 heterocycles. The molecule has 0 amide bonds. The Morgan fingerprint density at radius 2 is 2.24 bits per heavy atom. The second-order valence-electron chi connectivity index (χ2n) is 5.07. The molecule has 112 valence electrons. The van der Waals surface area contributed by atoms with Gasteiger partial charge in [0, 0.05) is 18.8 Å². The number of rotatable bonds is 5. The van der Waals surface area contributed by atoms with E-state index in [-0.39, 0.29) is 16.1 Å². The topological polar surface area (TPSA) is 89.8 Å². The molecule has 0 aliphatic heterocycles. The summed E-state index contributed by atoms with van der Waals surface area (Å²) in [6.07, 6.45) is 6.16. The van der Waals surface area contributed by atoms with Gasteiger partial charge in [0.05, 0.1) is 0 Å². The second kappa shape index (κ2) is 5.70. The smallest absolute Gasteiger partial charge is 0.243 e. The van der Waals surface area contributed by atoms with Crippen LogP contribution >= 0.6 is 11.6 Å². The van der Waals surface area contributed by atoms with Crippen LogP contribution in [0.1, 0.15) is 12.8 Å².